The van der Waals surface area contributed by atoms with Crippen LogP contribution in [0.2, 0.25) is 0 Å². The summed E-state index contributed by atoms with van der Waals surface area (Å²) >= 11 is 0. The lowest BCUT2D eigenvalue weighted by molar-refractivity contribution is 0.101. The lowest BCUT2D eigenvalue weighted by atomic mass is 9.98. The van der Waals surface area contributed by atoms with Gasteiger partial charge in [0.15, 0.2) is 0 Å². The molecule has 1 aromatic carbocycles. The highest BCUT2D eigenvalue weighted by Crippen LogP contribution is 2.36. The Bertz CT molecular complexity index is 1350. The number of rotatable bonds is 6. The first-order valence-corrected chi connectivity index (χ1v) is 13.2. The molecule has 0 aliphatic carbocycles. The lowest BCUT2D eigenvalue weighted by Crippen LogP contribution is -2.55. The van der Waals surface area contributed by atoms with Gasteiger partial charge >= 0.3 is 6.09 Å². The summed E-state index contributed by atoms with van der Waals surface area (Å²) in [4.78, 5) is 45.1. The van der Waals surface area contributed by atoms with Crippen molar-refractivity contribution in [3.63, 3.8) is 0 Å². The normalized spacial score (nSPS) is 19.9. The van der Waals surface area contributed by atoms with Gasteiger partial charge in [-0.3, -0.25) is 14.5 Å². The Morgan fingerprint density at radius 2 is 1.88 bits per heavy atom. The predicted octanol–water partition coefficient (Wildman–Crippen LogP) is 4.48. The van der Waals surface area contributed by atoms with Crippen molar-refractivity contribution >= 4 is 28.9 Å². The molecule has 4 rings (SSSR count). The number of H-pyrrole nitrogens is 1. The van der Waals surface area contributed by atoms with Crippen LogP contribution in [0.5, 0.6) is 0 Å². The van der Waals surface area contributed by atoms with Gasteiger partial charge in [0.2, 0.25) is 5.56 Å². The third-order valence-corrected chi connectivity index (χ3v) is 7.49. The number of benzene rings is 1. The van der Waals surface area contributed by atoms with Gasteiger partial charge in [0, 0.05) is 61.7 Å². The maximum atomic E-state index is 15.7. The number of carbonyl (C=O) groups is 2. The molecule has 0 radical (unpaired) electrons. The molecule has 0 saturated carbocycles. The second kappa shape index (κ2) is 12.2. The highest BCUT2D eigenvalue weighted by atomic mass is 19.3. The summed E-state index contributed by atoms with van der Waals surface area (Å²) in [5.41, 5.74) is -0.500. The van der Waals surface area contributed by atoms with Crippen LogP contribution in [-0.2, 0) is 4.74 Å². The Morgan fingerprint density at radius 1 is 1.18 bits per heavy atom. The molecule has 2 unspecified atom stereocenters. The number of pyridine rings is 1. The number of ether oxygens (including phenoxy) is 1. The van der Waals surface area contributed by atoms with Crippen molar-refractivity contribution in [2.75, 3.05) is 50.1 Å². The molecule has 2 aliphatic rings. The number of carbonyl (C=O) groups excluding carboxylic acids is 2. The molecule has 1 fully saturated rings. The number of likely N-dealkylation sites (N-methyl/N-ethyl adjacent to an activating group) is 1. The Kier molecular flexibility index (Phi) is 8.87. The van der Waals surface area contributed by atoms with E-state index < -0.39 is 40.9 Å². The van der Waals surface area contributed by atoms with Crippen LogP contribution < -0.4 is 15.8 Å². The largest absolute Gasteiger partial charge is 0.450 e. The lowest BCUT2D eigenvalue weighted by Gasteiger charge is -2.44. The first-order valence-electron chi connectivity index (χ1n) is 13.2. The van der Waals surface area contributed by atoms with Crippen molar-refractivity contribution in [2.24, 2.45) is 0 Å². The smallest absolute Gasteiger partial charge is 0.410 e. The number of nitrogens with one attached hydrogen (secondary N) is 2. The summed E-state index contributed by atoms with van der Waals surface area (Å²) < 4.78 is 48.2. The van der Waals surface area contributed by atoms with Crippen LogP contribution >= 0.6 is 0 Å². The number of nitrogens with zero attached hydrogens (tertiary/aromatic N) is 3. The number of aromatic amines is 1. The maximum absolute atomic E-state index is 15.7. The fraction of sp³-hybridized carbons (Fsp3) is 0.464. The van der Waals surface area contributed by atoms with Gasteiger partial charge in [0.1, 0.15) is 5.82 Å². The van der Waals surface area contributed by atoms with Gasteiger partial charge in [-0.05, 0) is 51.9 Å². The molecule has 2 aromatic rings. The fourth-order valence-corrected chi connectivity index (χ4v) is 5.14. The van der Waals surface area contributed by atoms with Crippen LogP contribution in [0, 0.1) is 5.82 Å². The van der Waals surface area contributed by atoms with E-state index in [4.69, 9.17) is 4.74 Å². The Balaban J connectivity index is 1.75. The zero-order chi connectivity index (χ0) is 29.1. The Labute approximate surface area is 230 Å². The summed E-state index contributed by atoms with van der Waals surface area (Å²) in [6, 6.07) is 3.75. The molecule has 9 nitrogen and oxygen atoms in total. The molecule has 2 atom stereocenters. The second-order valence-electron chi connectivity index (χ2n) is 10.2. The van der Waals surface area contributed by atoms with Gasteiger partial charge in [0.05, 0.1) is 23.5 Å². The molecule has 12 heteroatoms. The highest BCUT2D eigenvalue weighted by Gasteiger charge is 2.30. The van der Waals surface area contributed by atoms with E-state index >= 15 is 4.39 Å². The van der Waals surface area contributed by atoms with E-state index in [0.29, 0.717) is 43.4 Å². The number of alkyl halides is 2. The molecule has 1 saturated heterocycles. The number of aromatic nitrogens is 1. The molecule has 40 heavy (non-hydrogen) atoms. The quantitative estimate of drug-likeness (QED) is 0.540. The third-order valence-electron chi connectivity index (χ3n) is 7.49. The Hall–Kier alpha value is -3.80. The first kappa shape index (κ1) is 29.2. The number of hydrogen-bond acceptors (Lipinski definition) is 6. The van der Waals surface area contributed by atoms with Crippen LogP contribution in [0.4, 0.5) is 29.3 Å². The Morgan fingerprint density at radius 3 is 2.52 bits per heavy atom. The topological polar surface area (TPSA) is 98.0 Å². The molecule has 2 aliphatic heterocycles. The summed E-state index contributed by atoms with van der Waals surface area (Å²) in [6.07, 6.45) is -0.288. The molecule has 2 amide bonds. The minimum atomic E-state index is -3.05. The van der Waals surface area contributed by atoms with Crippen molar-refractivity contribution < 1.29 is 27.5 Å². The van der Waals surface area contributed by atoms with Gasteiger partial charge in [0.25, 0.3) is 12.3 Å². The van der Waals surface area contributed by atoms with Crippen molar-refractivity contribution in [3.05, 3.63) is 63.3 Å². The van der Waals surface area contributed by atoms with Crippen LogP contribution in [-0.4, -0.2) is 78.7 Å². The molecule has 0 bridgehead atoms. The molecule has 0 spiro atoms. The van der Waals surface area contributed by atoms with Crippen molar-refractivity contribution in [2.45, 2.75) is 45.7 Å². The van der Waals surface area contributed by atoms with Gasteiger partial charge in [-0.2, -0.15) is 0 Å². The zero-order valence-corrected chi connectivity index (χ0v) is 23.0. The molecule has 3 heterocycles. The number of piperazine rings is 1. The van der Waals surface area contributed by atoms with Gasteiger partial charge in [-0.15, -0.1) is 0 Å². The van der Waals surface area contributed by atoms with Gasteiger partial charge in [-0.1, -0.05) is 6.08 Å². The second-order valence-corrected chi connectivity index (χ2v) is 10.2. The van der Waals surface area contributed by atoms with E-state index in [9.17, 15) is 23.2 Å². The van der Waals surface area contributed by atoms with Crippen molar-refractivity contribution in [3.8, 4) is 0 Å². The summed E-state index contributed by atoms with van der Waals surface area (Å²) in [5.74, 6) is -1.41. The van der Waals surface area contributed by atoms with E-state index in [1.54, 1.807) is 6.92 Å². The van der Waals surface area contributed by atoms with E-state index in [2.05, 4.69) is 15.2 Å². The summed E-state index contributed by atoms with van der Waals surface area (Å²) in [5, 5.41) is 2.69. The summed E-state index contributed by atoms with van der Waals surface area (Å²) in [6.45, 7) is 7.61. The van der Waals surface area contributed by atoms with Crippen LogP contribution in [0.1, 0.15) is 55.1 Å². The molecule has 216 valence electrons. The molecular formula is C28H34F3N5O4. The van der Waals surface area contributed by atoms with E-state index in [1.807, 2.05) is 31.9 Å². The zero-order valence-electron chi connectivity index (χ0n) is 23.0. The van der Waals surface area contributed by atoms with Gasteiger partial charge in [-0.25, -0.2) is 18.0 Å². The summed E-state index contributed by atoms with van der Waals surface area (Å²) in [7, 11) is 2.01. The minimum Gasteiger partial charge on any atom is -0.450 e. The van der Waals surface area contributed by atoms with E-state index in [1.165, 1.54) is 17.0 Å². The van der Waals surface area contributed by atoms with Crippen LogP contribution in [0.3, 0.4) is 0 Å². The van der Waals surface area contributed by atoms with Crippen LogP contribution in [0.15, 0.2) is 35.3 Å². The average Bonchev–Trinajstić information content (AvgIpc) is 2.92. The van der Waals surface area contributed by atoms with E-state index in [-0.39, 0.29) is 36.5 Å². The molecular weight excluding hydrogens is 527 g/mol. The van der Waals surface area contributed by atoms with E-state index in [0.717, 1.165) is 6.20 Å². The number of halogens is 3. The van der Waals surface area contributed by atoms with Gasteiger partial charge < -0.3 is 24.8 Å². The third kappa shape index (κ3) is 6.16. The molecule has 1 aromatic heterocycles. The maximum Gasteiger partial charge on any atom is 0.410 e. The first-order chi connectivity index (χ1) is 19.0. The monoisotopic (exact) mass is 561 g/mol. The number of amides is 2. The predicted molar refractivity (Wildman–Crippen MR) is 146 cm³/mol. The SMILES string of the molecule is CCOC(=O)N1CCC=C(c2cc(NC(=O)c3c[nH]c(=O)cc3C(F)F)c(N3CC(C)N(C)C(C)C3)cc2F)C1. The highest BCUT2D eigenvalue weighted by molar-refractivity contribution is 6.07. The fourth-order valence-electron chi connectivity index (χ4n) is 5.14. The minimum absolute atomic E-state index is 0.112. The molecule has 2 N–H and O–H groups in total. The van der Waals surface area contributed by atoms with Crippen molar-refractivity contribution in [1.82, 2.24) is 14.8 Å². The number of hydrogen-bond donors (Lipinski definition) is 2. The standard InChI is InChI=1S/C28H34F3N5O4/c1-5-40-28(39)35-8-6-7-18(15-35)19-9-23(33-27(38)21-12-32-25(37)10-20(21)26(30)31)24(11-22(19)29)36-13-16(2)34(4)17(3)14-36/h7,9-12,16-17,26H,5-6,8,13-15H2,1-4H3,(H,32,37)(H,33,38). The number of anilines is 2. The van der Waals surface area contributed by atoms with Crippen LogP contribution in [0.25, 0.3) is 5.57 Å². The van der Waals surface area contributed by atoms with Crippen molar-refractivity contribution in [1.29, 1.82) is 0 Å². The average molecular weight is 562 g/mol.